The van der Waals surface area contributed by atoms with Crippen molar-refractivity contribution in [2.45, 2.75) is 51.4 Å². The first-order valence-corrected chi connectivity index (χ1v) is 11.7. The number of carbonyl (C=O) groups excluding carboxylic acids is 2. The third kappa shape index (κ3) is 5.50. The number of nitrogens with one attached hydrogen (secondary N) is 1. The number of amides is 2. The molecule has 0 bridgehead atoms. The molecule has 2 N–H and O–H groups in total. The number of carbonyl (C=O) groups is 2. The Balaban J connectivity index is 1.47. The van der Waals surface area contributed by atoms with Gasteiger partial charge in [-0.3, -0.25) is 4.79 Å². The summed E-state index contributed by atoms with van der Waals surface area (Å²) in [6, 6.07) is 10.9. The molecule has 2 amide bonds. The van der Waals surface area contributed by atoms with Crippen LogP contribution in [0.15, 0.2) is 42.5 Å². The van der Waals surface area contributed by atoms with Crippen LogP contribution in [0.25, 0.3) is 0 Å². The molecule has 34 heavy (non-hydrogen) atoms. The fourth-order valence-corrected chi connectivity index (χ4v) is 4.45. The van der Waals surface area contributed by atoms with Crippen molar-refractivity contribution in [3.63, 3.8) is 0 Å². The molecule has 1 heterocycles. The summed E-state index contributed by atoms with van der Waals surface area (Å²) in [5, 5.41) is 13.6. The highest BCUT2D eigenvalue weighted by Crippen LogP contribution is 2.34. The van der Waals surface area contributed by atoms with E-state index < -0.39 is 23.6 Å². The normalized spacial score (nSPS) is 20.5. The number of fused-ring (bicyclic) bond motifs is 1. The molecule has 2 atom stereocenters. The Hall–Kier alpha value is -3.13. The largest absolute Gasteiger partial charge is 0.444 e. The van der Waals surface area contributed by atoms with E-state index in [0.717, 1.165) is 23.2 Å². The molecule has 1 aliphatic heterocycles. The summed E-state index contributed by atoms with van der Waals surface area (Å²) in [4.78, 5) is 29.0. The number of hydrogen-bond acceptors (Lipinski definition) is 5. The number of halogens is 1. The molecular weight excluding hydrogens is 437 g/mol. The first kappa shape index (κ1) is 24.0. The van der Waals surface area contributed by atoms with Crippen LogP contribution in [-0.2, 0) is 11.2 Å². The van der Waals surface area contributed by atoms with Crippen molar-refractivity contribution in [1.29, 1.82) is 0 Å². The lowest BCUT2D eigenvalue weighted by molar-refractivity contribution is 0.0240. The molecule has 0 unspecified atom stereocenters. The van der Waals surface area contributed by atoms with E-state index in [1.807, 2.05) is 32.9 Å². The molecular formula is C26H32FN3O4. The van der Waals surface area contributed by atoms with Gasteiger partial charge in [0.05, 0.1) is 12.1 Å². The molecule has 1 fully saturated rings. The molecule has 8 heteroatoms. The molecule has 2 aliphatic rings. The third-order valence-corrected chi connectivity index (χ3v) is 6.25. The first-order valence-electron chi connectivity index (χ1n) is 11.7. The Bertz CT molecular complexity index is 1040. The van der Waals surface area contributed by atoms with Crippen molar-refractivity contribution >= 4 is 17.7 Å². The quantitative estimate of drug-likeness (QED) is 0.717. The van der Waals surface area contributed by atoms with Crippen molar-refractivity contribution in [1.82, 2.24) is 10.2 Å². The summed E-state index contributed by atoms with van der Waals surface area (Å²) in [6.07, 6.45) is 0.266. The Morgan fingerprint density at radius 2 is 1.74 bits per heavy atom. The van der Waals surface area contributed by atoms with Crippen LogP contribution in [-0.4, -0.2) is 59.9 Å². The minimum absolute atomic E-state index is 0.302. The van der Waals surface area contributed by atoms with Gasteiger partial charge in [0.2, 0.25) is 0 Å². The fraction of sp³-hybridized carbons (Fsp3) is 0.462. The highest BCUT2D eigenvalue weighted by molar-refractivity contribution is 5.94. The van der Waals surface area contributed by atoms with Gasteiger partial charge in [0.1, 0.15) is 11.4 Å². The van der Waals surface area contributed by atoms with Crippen molar-refractivity contribution < 1.29 is 23.8 Å². The second kappa shape index (κ2) is 9.62. The van der Waals surface area contributed by atoms with E-state index in [9.17, 15) is 19.1 Å². The van der Waals surface area contributed by atoms with Crippen molar-refractivity contribution in [2.24, 2.45) is 0 Å². The number of piperazine rings is 1. The van der Waals surface area contributed by atoms with Crippen LogP contribution in [0.1, 0.15) is 54.7 Å². The highest BCUT2D eigenvalue weighted by atomic mass is 19.1. The molecule has 0 radical (unpaired) electrons. The van der Waals surface area contributed by atoms with Crippen LogP contribution >= 0.6 is 0 Å². The zero-order valence-corrected chi connectivity index (χ0v) is 19.9. The van der Waals surface area contributed by atoms with Gasteiger partial charge in [-0.1, -0.05) is 6.07 Å². The van der Waals surface area contributed by atoms with Gasteiger partial charge in [0, 0.05) is 37.4 Å². The number of nitrogens with zero attached hydrogens (tertiary/aromatic N) is 2. The lowest BCUT2D eigenvalue weighted by Gasteiger charge is -2.38. The van der Waals surface area contributed by atoms with E-state index in [0.29, 0.717) is 38.2 Å². The minimum atomic E-state index is -0.712. The number of aliphatic hydroxyl groups is 1. The third-order valence-electron chi connectivity index (χ3n) is 6.25. The molecule has 1 saturated heterocycles. The predicted molar refractivity (Wildman–Crippen MR) is 127 cm³/mol. The van der Waals surface area contributed by atoms with Crippen LogP contribution in [0, 0.1) is 5.82 Å². The minimum Gasteiger partial charge on any atom is -0.444 e. The lowest BCUT2D eigenvalue weighted by Crippen LogP contribution is -2.50. The molecule has 7 nitrogen and oxygen atoms in total. The maximum atomic E-state index is 13.2. The maximum Gasteiger partial charge on any atom is 0.410 e. The van der Waals surface area contributed by atoms with E-state index in [4.69, 9.17) is 4.74 Å². The Morgan fingerprint density at radius 3 is 2.38 bits per heavy atom. The van der Waals surface area contributed by atoms with E-state index >= 15 is 0 Å². The van der Waals surface area contributed by atoms with E-state index in [-0.39, 0.29) is 12.0 Å². The molecule has 0 aromatic heterocycles. The Labute approximate surface area is 199 Å². The van der Waals surface area contributed by atoms with Crippen LogP contribution < -0.4 is 10.2 Å². The van der Waals surface area contributed by atoms with Gasteiger partial charge in [0.15, 0.2) is 0 Å². The lowest BCUT2D eigenvalue weighted by atomic mass is 9.85. The molecule has 0 spiro atoms. The SMILES string of the molecule is CC(C)(C)OC(=O)N1CCN(c2ccc3c(c2)[C@H](NC(=O)c2ccc(F)cc2)[C@@H](O)CC3)CC1. The Morgan fingerprint density at radius 1 is 1.06 bits per heavy atom. The molecule has 1 aliphatic carbocycles. The van der Waals surface area contributed by atoms with Gasteiger partial charge in [-0.15, -0.1) is 0 Å². The summed E-state index contributed by atoms with van der Waals surface area (Å²) < 4.78 is 18.7. The number of aryl methyl sites for hydroxylation is 1. The topological polar surface area (TPSA) is 82.1 Å². The number of rotatable bonds is 3. The van der Waals surface area contributed by atoms with Gasteiger partial charge in [-0.05, 0) is 81.1 Å². The van der Waals surface area contributed by atoms with Gasteiger partial charge in [-0.25, -0.2) is 9.18 Å². The second-order valence-electron chi connectivity index (χ2n) is 9.90. The van der Waals surface area contributed by atoms with Crippen LogP contribution in [0.2, 0.25) is 0 Å². The van der Waals surface area contributed by atoms with Gasteiger partial charge >= 0.3 is 6.09 Å². The average molecular weight is 470 g/mol. The second-order valence-corrected chi connectivity index (χ2v) is 9.90. The molecule has 182 valence electrons. The summed E-state index contributed by atoms with van der Waals surface area (Å²) >= 11 is 0. The fourth-order valence-electron chi connectivity index (χ4n) is 4.45. The number of aliphatic hydroxyl groups excluding tert-OH is 1. The van der Waals surface area contributed by atoms with E-state index in [1.54, 1.807) is 4.90 Å². The number of hydrogen-bond donors (Lipinski definition) is 2. The standard InChI is InChI=1S/C26H32FN3O4/c1-26(2,3)34-25(33)30-14-12-29(13-15-30)20-10-6-17-7-11-22(31)23(21(17)16-20)28-24(32)18-4-8-19(27)9-5-18/h4-6,8-10,16,22-23,31H,7,11-15H2,1-3H3,(H,28,32)/t22-,23-/m0/s1. The summed E-state index contributed by atoms with van der Waals surface area (Å²) in [6.45, 7) is 8.00. The van der Waals surface area contributed by atoms with Gasteiger partial charge in [0.25, 0.3) is 5.91 Å². The van der Waals surface area contributed by atoms with Crippen LogP contribution in [0.3, 0.4) is 0 Å². The molecule has 0 saturated carbocycles. The molecule has 2 aromatic rings. The first-order chi connectivity index (χ1) is 16.1. The Kier molecular flexibility index (Phi) is 6.79. The van der Waals surface area contributed by atoms with Gasteiger partial charge in [-0.2, -0.15) is 0 Å². The van der Waals surface area contributed by atoms with E-state index in [1.165, 1.54) is 24.3 Å². The summed E-state index contributed by atoms with van der Waals surface area (Å²) in [5.41, 5.74) is 2.78. The van der Waals surface area contributed by atoms with E-state index in [2.05, 4.69) is 16.3 Å². The van der Waals surface area contributed by atoms with Crippen molar-refractivity contribution in [3.8, 4) is 0 Å². The van der Waals surface area contributed by atoms with Crippen molar-refractivity contribution in [2.75, 3.05) is 31.1 Å². The van der Waals surface area contributed by atoms with Crippen molar-refractivity contribution in [3.05, 3.63) is 65.0 Å². The summed E-state index contributed by atoms with van der Waals surface area (Å²) in [7, 11) is 0. The summed E-state index contributed by atoms with van der Waals surface area (Å²) in [5.74, 6) is -0.760. The maximum absolute atomic E-state index is 13.2. The highest BCUT2D eigenvalue weighted by Gasteiger charge is 2.31. The van der Waals surface area contributed by atoms with Crippen LogP contribution in [0.5, 0.6) is 0 Å². The number of benzene rings is 2. The molecule has 4 rings (SSSR count). The molecule has 2 aromatic carbocycles. The average Bonchev–Trinajstić information content (AvgIpc) is 2.80. The van der Waals surface area contributed by atoms with Crippen LogP contribution in [0.4, 0.5) is 14.9 Å². The smallest absolute Gasteiger partial charge is 0.410 e. The predicted octanol–water partition coefficient (Wildman–Crippen LogP) is 3.66. The van der Waals surface area contributed by atoms with Gasteiger partial charge < -0.3 is 25.0 Å². The monoisotopic (exact) mass is 469 g/mol. The zero-order valence-electron chi connectivity index (χ0n) is 19.9. The number of anilines is 1. The zero-order chi connectivity index (χ0) is 24.5. The number of ether oxygens (including phenoxy) is 1.